The monoisotopic (exact) mass is 149 g/mol. The maximum Gasteiger partial charge on any atom is -0.00700 e. The van der Waals surface area contributed by atoms with Crippen molar-refractivity contribution in [3.63, 3.8) is 0 Å². The van der Waals surface area contributed by atoms with Crippen LogP contribution in [0.4, 0.5) is 0 Å². The Morgan fingerprint density at radius 3 is 2.22 bits per heavy atom. The Balaban J connectivity index is 3.33. The van der Waals surface area contributed by atoms with Gasteiger partial charge >= 0.3 is 0 Å². The van der Waals surface area contributed by atoms with Gasteiger partial charge in [0.2, 0.25) is 0 Å². The Bertz CT molecular complexity index is 71.3. The first-order valence-corrected chi connectivity index (χ1v) is 6.30. The van der Waals surface area contributed by atoms with E-state index < -0.39 is 0 Å². The van der Waals surface area contributed by atoms with Crippen LogP contribution in [0.3, 0.4) is 0 Å². The van der Waals surface area contributed by atoms with Gasteiger partial charge in [0, 0.05) is 0 Å². The summed E-state index contributed by atoms with van der Waals surface area (Å²) in [6.07, 6.45) is 5.96. The van der Waals surface area contributed by atoms with Gasteiger partial charge in [-0.05, 0) is 37.0 Å². The second kappa shape index (κ2) is 4.18. The fourth-order valence-electron chi connectivity index (χ4n) is 0.618. The standard InChI is InChI=1S/C7H19NS/c1-4-9(2,3)7-5-6-8/h4-8H2,1-3H3. The molecule has 9 heavy (non-hydrogen) atoms. The highest BCUT2D eigenvalue weighted by atomic mass is 32.3. The molecule has 0 rings (SSSR count). The maximum atomic E-state index is 5.40. The highest BCUT2D eigenvalue weighted by Gasteiger charge is 2.06. The van der Waals surface area contributed by atoms with Crippen LogP contribution in [0.5, 0.6) is 0 Å². The van der Waals surface area contributed by atoms with Crippen molar-refractivity contribution in [3.8, 4) is 0 Å². The van der Waals surface area contributed by atoms with Gasteiger partial charge in [0.1, 0.15) is 0 Å². The quantitative estimate of drug-likeness (QED) is 0.643. The molecule has 0 fully saturated rings. The number of nitrogens with two attached hydrogens (primary N) is 1. The molecule has 0 aromatic heterocycles. The van der Waals surface area contributed by atoms with Crippen molar-refractivity contribution in [1.29, 1.82) is 0 Å². The van der Waals surface area contributed by atoms with Gasteiger partial charge in [0.15, 0.2) is 0 Å². The Labute approximate surface area is 60.3 Å². The summed E-state index contributed by atoms with van der Waals surface area (Å²) < 4.78 is 0. The average Bonchev–Trinajstić information content (AvgIpc) is 1.84. The molecule has 0 aromatic carbocycles. The molecule has 0 spiro atoms. The second-order valence-electron chi connectivity index (χ2n) is 2.90. The Kier molecular flexibility index (Phi) is 4.32. The van der Waals surface area contributed by atoms with E-state index in [4.69, 9.17) is 5.73 Å². The molecule has 0 saturated heterocycles. The normalized spacial score (nSPS) is 13.8. The van der Waals surface area contributed by atoms with Gasteiger partial charge in [-0.2, -0.15) is 0 Å². The van der Waals surface area contributed by atoms with Crippen LogP contribution in [0.2, 0.25) is 0 Å². The lowest BCUT2D eigenvalue weighted by Gasteiger charge is -2.28. The van der Waals surface area contributed by atoms with Crippen molar-refractivity contribution < 1.29 is 0 Å². The fraction of sp³-hybridized carbons (Fsp3) is 1.00. The van der Waals surface area contributed by atoms with Crippen molar-refractivity contribution in [3.05, 3.63) is 0 Å². The summed E-state index contributed by atoms with van der Waals surface area (Å²) in [5.74, 6) is 2.69. The van der Waals surface area contributed by atoms with E-state index in [0.717, 1.165) is 6.54 Å². The van der Waals surface area contributed by atoms with E-state index in [1.807, 2.05) is 0 Å². The van der Waals surface area contributed by atoms with Crippen LogP contribution in [0.15, 0.2) is 0 Å². The summed E-state index contributed by atoms with van der Waals surface area (Å²) >= 11 is 0. The van der Waals surface area contributed by atoms with Gasteiger partial charge in [0.25, 0.3) is 0 Å². The van der Waals surface area contributed by atoms with Gasteiger partial charge < -0.3 is 5.73 Å². The molecule has 0 heterocycles. The lowest BCUT2D eigenvalue weighted by molar-refractivity contribution is 0.938. The molecule has 0 saturated carbocycles. The molecule has 0 aliphatic rings. The molecule has 0 radical (unpaired) electrons. The van der Waals surface area contributed by atoms with E-state index in [2.05, 4.69) is 19.4 Å². The predicted octanol–water partition coefficient (Wildman–Crippen LogP) is 1.42. The van der Waals surface area contributed by atoms with E-state index in [1.165, 1.54) is 17.9 Å². The minimum atomic E-state index is -0.262. The topological polar surface area (TPSA) is 26.0 Å². The van der Waals surface area contributed by atoms with Crippen LogP contribution in [0.25, 0.3) is 0 Å². The zero-order chi connectivity index (χ0) is 7.33. The molecule has 58 valence electrons. The highest BCUT2D eigenvalue weighted by molar-refractivity contribution is 8.32. The van der Waals surface area contributed by atoms with Crippen molar-refractivity contribution in [2.75, 3.05) is 30.6 Å². The van der Waals surface area contributed by atoms with Gasteiger partial charge in [-0.1, -0.05) is 6.92 Å². The van der Waals surface area contributed by atoms with Crippen molar-refractivity contribution >= 4 is 10.0 Å². The average molecular weight is 149 g/mol. The van der Waals surface area contributed by atoms with Crippen LogP contribution in [0, 0.1) is 0 Å². The molecule has 0 aromatic rings. The zero-order valence-electron chi connectivity index (χ0n) is 6.81. The van der Waals surface area contributed by atoms with Crippen LogP contribution in [0.1, 0.15) is 13.3 Å². The fourth-order valence-corrected chi connectivity index (χ4v) is 1.86. The smallest absolute Gasteiger partial charge is 0.00700 e. The van der Waals surface area contributed by atoms with E-state index in [1.54, 1.807) is 0 Å². The maximum absolute atomic E-state index is 5.40. The van der Waals surface area contributed by atoms with Gasteiger partial charge in [-0.25, -0.2) is 10.0 Å². The van der Waals surface area contributed by atoms with E-state index in [9.17, 15) is 0 Å². The van der Waals surface area contributed by atoms with Gasteiger partial charge in [-0.15, -0.1) is 0 Å². The largest absolute Gasteiger partial charge is 0.330 e. The van der Waals surface area contributed by atoms with E-state index in [0.29, 0.717) is 0 Å². The van der Waals surface area contributed by atoms with Crippen LogP contribution in [-0.2, 0) is 0 Å². The third-order valence-electron chi connectivity index (χ3n) is 1.68. The van der Waals surface area contributed by atoms with E-state index >= 15 is 0 Å². The first-order valence-electron chi connectivity index (χ1n) is 3.51. The summed E-state index contributed by atoms with van der Waals surface area (Å²) in [5, 5.41) is 0. The zero-order valence-corrected chi connectivity index (χ0v) is 7.63. The lowest BCUT2D eigenvalue weighted by Crippen LogP contribution is -2.08. The third-order valence-corrected chi connectivity index (χ3v) is 4.64. The third kappa shape index (κ3) is 4.79. The first-order chi connectivity index (χ1) is 4.12. The Hall–Kier alpha value is 0.310. The molecule has 0 aliphatic heterocycles. The van der Waals surface area contributed by atoms with Crippen LogP contribution < -0.4 is 5.73 Å². The van der Waals surface area contributed by atoms with Crippen molar-refractivity contribution in [1.82, 2.24) is 0 Å². The lowest BCUT2D eigenvalue weighted by atomic mass is 10.5. The van der Waals surface area contributed by atoms with Crippen LogP contribution >= 0.6 is 10.0 Å². The summed E-state index contributed by atoms with van der Waals surface area (Å²) in [5.41, 5.74) is 5.40. The summed E-state index contributed by atoms with van der Waals surface area (Å²) in [6.45, 7) is 3.13. The van der Waals surface area contributed by atoms with Crippen molar-refractivity contribution in [2.45, 2.75) is 13.3 Å². The molecule has 0 amide bonds. The summed E-state index contributed by atoms with van der Waals surface area (Å²) in [6, 6.07) is 0. The second-order valence-corrected chi connectivity index (χ2v) is 7.42. The van der Waals surface area contributed by atoms with Gasteiger partial charge in [0.05, 0.1) is 0 Å². The molecule has 2 heteroatoms. The molecule has 0 aliphatic carbocycles. The molecule has 0 bridgehead atoms. The van der Waals surface area contributed by atoms with Crippen molar-refractivity contribution in [2.24, 2.45) is 5.73 Å². The minimum absolute atomic E-state index is 0.262. The molecule has 0 unspecified atom stereocenters. The number of hydrogen-bond donors (Lipinski definition) is 1. The highest BCUT2D eigenvalue weighted by Crippen LogP contribution is 2.38. The SMILES string of the molecule is CCS(C)(C)CCCN. The summed E-state index contributed by atoms with van der Waals surface area (Å²) in [7, 11) is -0.262. The summed E-state index contributed by atoms with van der Waals surface area (Å²) in [4.78, 5) is 0. The molecule has 2 N–H and O–H groups in total. The Morgan fingerprint density at radius 2 is 1.89 bits per heavy atom. The first kappa shape index (κ1) is 9.31. The van der Waals surface area contributed by atoms with Crippen LogP contribution in [-0.4, -0.2) is 30.6 Å². The molecular formula is C7H19NS. The number of hydrogen-bond acceptors (Lipinski definition) is 1. The molecule has 0 atom stereocenters. The van der Waals surface area contributed by atoms with Gasteiger partial charge in [-0.3, -0.25) is 0 Å². The minimum Gasteiger partial charge on any atom is -0.330 e. The number of rotatable bonds is 4. The predicted molar refractivity (Wildman–Crippen MR) is 48.5 cm³/mol. The molecular weight excluding hydrogens is 130 g/mol. The molecule has 1 nitrogen and oxygen atoms in total. The van der Waals surface area contributed by atoms with E-state index in [-0.39, 0.29) is 10.0 Å². The Morgan fingerprint density at radius 1 is 1.33 bits per heavy atom.